The normalized spacial score (nSPS) is 20.2. The molecule has 198 valence electrons. The van der Waals surface area contributed by atoms with E-state index in [2.05, 4.69) is 45.5 Å². The number of nitriles is 2. The van der Waals surface area contributed by atoms with Crippen molar-refractivity contribution in [2.75, 3.05) is 23.4 Å². The van der Waals surface area contributed by atoms with E-state index in [0.29, 0.717) is 35.2 Å². The van der Waals surface area contributed by atoms with Crippen molar-refractivity contribution in [2.24, 2.45) is 13.0 Å². The third-order valence-corrected chi connectivity index (χ3v) is 8.71. The lowest BCUT2D eigenvalue weighted by atomic mass is 9.88. The molecule has 0 bridgehead atoms. The number of nitrogens with one attached hydrogen (secondary N) is 1. The lowest BCUT2D eigenvalue weighted by molar-refractivity contribution is 0.0965. The van der Waals surface area contributed by atoms with Gasteiger partial charge in [-0.15, -0.1) is 0 Å². The maximum absolute atomic E-state index is 13.1. The van der Waals surface area contributed by atoms with Crippen LogP contribution in [-0.4, -0.2) is 41.1 Å². The third kappa shape index (κ3) is 4.38. The molecule has 1 aliphatic heterocycles. The Morgan fingerprint density at radius 3 is 2.46 bits per heavy atom. The Bertz CT molecular complexity index is 1620. The number of aryl methyl sites for hydroxylation is 1. The predicted octanol–water partition coefficient (Wildman–Crippen LogP) is 3.58. The van der Waals surface area contributed by atoms with Gasteiger partial charge in [0, 0.05) is 50.5 Å². The first-order chi connectivity index (χ1) is 18.9. The fourth-order valence-corrected chi connectivity index (χ4v) is 6.26. The van der Waals surface area contributed by atoms with E-state index in [1.807, 2.05) is 11.9 Å². The maximum Gasteiger partial charge on any atom is 0.270 e. The molecular weight excluding hydrogens is 490 g/mol. The van der Waals surface area contributed by atoms with Crippen molar-refractivity contribution >= 4 is 28.3 Å². The Labute approximate surface area is 227 Å². The van der Waals surface area contributed by atoms with Gasteiger partial charge in [0.05, 0.1) is 11.2 Å². The second-order valence-electron chi connectivity index (χ2n) is 11.1. The van der Waals surface area contributed by atoms with Gasteiger partial charge in [-0.25, -0.2) is 4.98 Å². The van der Waals surface area contributed by atoms with Crippen molar-refractivity contribution in [3.05, 3.63) is 63.1 Å². The molecule has 1 amide bonds. The van der Waals surface area contributed by atoms with E-state index in [9.17, 15) is 20.1 Å². The monoisotopic (exact) mass is 521 g/mol. The molecule has 9 nitrogen and oxygen atoms in total. The van der Waals surface area contributed by atoms with Crippen LogP contribution in [0.15, 0.2) is 35.1 Å². The second-order valence-corrected chi connectivity index (χ2v) is 11.1. The van der Waals surface area contributed by atoms with Crippen LogP contribution in [0.2, 0.25) is 0 Å². The Balaban J connectivity index is 1.28. The fourth-order valence-electron chi connectivity index (χ4n) is 6.26. The number of carbonyl (C=O) groups is 1. The molecule has 1 N–H and O–H groups in total. The average molecular weight is 522 g/mol. The minimum atomic E-state index is -0.358. The fraction of sp³-hybridized carbons (Fsp3) is 0.433. The van der Waals surface area contributed by atoms with Gasteiger partial charge in [0.2, 0.25) is 0 Å². The molecule has 2 aromatic heterocycles. The third-order valence-electron chi connectivity index (χ3n) is 8.71. The Morgan fingerprint density at radius 1 is 1.03 bits per heavy atom. The zero-order valence-corrected chi connectivity index (χ0v) is 22.3. The van der Waals surface area contributed by atoms with Crippen LogP contribution in [0.5, 0.6) is 0 Å². The molecule has 3 heterocycles. The van der Waals surface area contributed by atoms with Crippen molar-refractivity contribution < 1.29 is 4.79 Å². The molecule has 3 aliphatic rings. The number of anilines is 2. The van der Waals surface area contributed by atoms with E-state index in [1.165, 1.54) is 17.4 Å². The maximum atomic E-state index is 13.1. The molecule has 2 aliphatic carbocycles. The molecule has 39 heavy (non-hydrogen) atoms. The Kier molecular flexibility index (Phi) is 6.23. The standard InChI is InChI=1S/C30H31N7O2/c1-35(28-25(15-32)30(39)36(2)26-12-6-20(14-31)34-27(26)28)21-8-10-22(11-9-21)37(17-18-3-4-18)23-7-5-19-16-33-29(38)24(19)13-23/h5-7,12-13,18,21-22H,3-4,8-11,16-17H2,1-2H3,(H,33,38)/t21-,22+. The predicted molar refractivity (Wildman–Crippen MR) is 149 cm³/mol. The Morgan fingerprint density at radius 2 is 1.77 bits per heavy atom. The number of aromatic nitrogens is 2. The highest BCUT2D eigenvalue weighted by Gasteiger charge is 2.34. The SMILES string of the molecule is Cn1c(=O)c(C#N)c(N(C)[C@H]2CC[C@@H](N(CC3CC3)c3ccc4c(c3)C(=O)NC4)CC2)c2nc(C#N)ccc21. The van der Waals surface area contributed by atoms with Crippen molar-refractivity contribution in [3.8, 4) is 12.1 Å². The summed E-state index contributed by atoms with van der Waals surface area (Å²) in [5.74, 6) is 0.712. The summed E-state index contributed by atoms with van der Waals surface area (Å²) in [6.07, 6.45) is 6.23. The zero-order valence-electron chi connectivity index (χ0n) is 22.3. The second kappa shape index (κ2) is 9.74. The van der Waals surface area contributed by atoms with Gasteiger partial charge in [-0.1, -0.05) is 6.07 Å². The Hall–Kier alpha value is -4.37. The average Bonchev–Trinajstić information content (AvgIpc) is 3.73. The van der Waals surface area contributed by atoms with E-state index in [-0.39, 0.29) is 28.8 Å². The summed E-state index contributed by atoms with van der Waals surface area (Å²) in [6, 6.07) is 14.3. The first-order valence-electron chi connectivity index (χ1n) is 13.6. The van der Waals surface area contributed by atoms with E-state index in [0.717, 1.165) is 49.0 Å². The topological polar surface area (TPSA) is 118 Å². The summed E-state index contributed by atoms with van der Waals surface area (Å²) in [5, 5.41) is 22.3. The number of benzene rings is 1. The molecular formula is C30H31N7O2. The molecule has 0 spiro atoms. The van der Waals surface area contributed by atoms with Gasteiger partial charge >= 0.3 is 0 Å². The van der Waals surface area contributed by atoms with Gasteiger partial charge in [-0.2, -0.15) is 10.5 Å². The summed E-state index contributed by atoms with van der Waals surface area (Å²) < 4.78 is 1.43. The minimum absolute atomic E-state index is 0.00578. The molecule has 2 fully saturated rings. The van der Waals surface area contributed by atoms with Crippen LogP contribution in [0.25, 0.3) is 11.0 Å². The number of fused-ring (bicyclic) bond motifs is 2. The zero-order chi connectivity index (χ0) is 27.3. The van der Waals surface area contributed by atoms with E-state index >= 15 is 0 Å². The van der Waals surface area contributed by atoms with Crippen LogP contribution in [0.1, 0.15) is 65.7 Å². The van der Waals surface area contributed by atoms with E-state index in [1.54, 1.807) is 19.2 Å². The lowest BCUT2D eigenvalue weighted by Gasteiger charge is -2.42. The highest BCUT2D eigenvalue weighted by molar-refractivity contribution is 5.99. The van der Waals surface area contributed by atoms with Crippen LogP contribution < -0.4 is 20.7 Å². The van der Waals surface area contributed by atoms with Crippen molar-refractivity contribution in [2.45, 2.75) is 57.2 Å². The molecule has 0 radical (unpaired) electrons. The largest absolute Gasteiger partial charge is 0.369 e. The summed E-state index contributed by atoms with van der Waals surface area (Å²) in [6.45, 7) is 1.60. The van der Waals surface area contributed by atoms with Gasteiger partial charge in [0.15, 0.2) is 0 Å². The van der Waals surface area contributed by atoms with Crippen LogP contribution in [0.3, 0.4) is 0 Å². The van der Waals surface area contributed by atoms with Gasteiger partial charge < -0.3 is 19.7 Å². The van der Waals surface area contributed by atoms with Gasteiger partial charge in [-0.05, 0) is 74.3 Å². The van der Waals surface area contributed by atoms with Gasteiger partial charge in [0.25, 0.3) is 11.5 Å². The highest BCUT2D eigenvalue weighted by Crippen LogP contribution is 2.38. The summed E-state index contributed by atoms with van der Waals surface area (Å²) >= 11 is 0. The molecule has 1 aromatic carbocycles. The number of pyridine rings is 2. The molecule has 9 heteroatoms. The van der Waals surface area contributed by atoms with Crippen molar-refractivity contribution in [3.63, 3.8) is 0 Å². The van der Waals surface area contributed by atoms with Crippen LogP contribution in [0.4, 0.5) is 11.4 Å². The highest BCUT2D eigenvalue weighted by atomic mass is 16.2. The van der Waals surface area contributed by atoms with Crippen LogP contribution in [-0.2, 0) is 13.6 Å². The van der Waals surface area contributed by atoms with E-state index < -0.39 is 0 Å². The summed E-state index contributed by atoms with van der Waals surface area (Å²) in [4.78, 5) is 34.5. The number of nitrogens with zero attached hydrogens (tertiary/aromatic N) is 6. The van der Waals surface area contributed by atoms with Crippen LogP contribution >= 0.6 is 0 Å². The first-order valence-corrected chi connectivity index (χ1v) is 13.6. The number of hydrogen-bond acceptors (Lipinski definition) is 7. The molecule has 2 saturated carbocycles. The summed E-state index contributed by atoms with van der Waals surface area (Å²) in [5.41, 5.74) is 4.53. The van der Waals surface area contributed by atoms with Crippen molar-refractivity contribution in [1.29, 1.82) is 10.5 Å². The summed E-state index contributed by atoms with van der Waals surface area (Å²) in [7, 11) is 3.56. The lowest BCUT2D eigenvalue weighted by Crippen LogP contribution is -2.44. The molecule has 0 saturated heterocycles. The minimum Gasteiger partial charge on any atom is -0.369 e. The van der Waals surface area contributed by atoms with Gasteiger partial charge in [-0.3, -0.25) is 9.59 Å². The number of hydrogen-bond donors (Lipinski definition) is 1. The van der Waals surface area contributed by atoms with E-state index in [4.69, 9.17) is 0 Å². The van der Waals surface area contributed by atoms with Crippen LogP contribution in [0, 0.1) is 28.6 Å². The molecule has 0 atom stereocenters. The quantitative estimate of drug-likeness (QED) is 0.527. The van der Waals surface area contributed by atoms with Gasteiger partial charge in [0.1, 0.15) is 28.9 Å². The number of amides is 1. The first kappa shape index (κ1) is 24.9. The number of carbonyl (C=O) groups excluding carboxylic acids is 1. The molecule has 0 unspecified atom stereocenters. The molecule has 6 rings (SSSR count). The molecule has 3 aromatic rings. The smallest absolute Gasteiger partial charge is 0.270 e. The van der Waals surface area contributed by atoms with Crippen molar-refractivity contribution in [1.82, 2.24) is 14.9 Å². The number of rotatable bonds is 6.